The van der Waals surface area contributed by atoms with E-state index in [0.29, 0.717) is 10.7 Å². The zero-order valence-corrected chi connectivity index (χ0v) is 17.2. The standard InChI is InChI=1S/C18H14Cl2FN5O2S/c1-29(27,28)25-17-23-18-22-14(10-5-7-11(19)8-6-10)9-15(26(18)24-17)16-12(20)3-2-4-13(16)21/h2-9,15H,1H3,(H2,22,23,24,25). The SMILES string of the molecule is CS(=O)(=O)Nc1nc2n(n1)C(c1c(F)cccc1Cl)C=C(c1ccc(Cl)cc1)N2. The molecular weight excluding hydrogens is 440 g/mol. The van der Waals surface area contributed by atoms with E-state index >= 15 is 0 Å². The number of fused-ring (bicyclic) bond motifs is 1. The van der Waals surface area contributed by atoms with E-state index in [2.05, 4.69) is 20.1 Å². The number of hydrogen-bond acceptors (Lipinski definition) is 5. The first-order valence-corrected chi connectivity index (χ1v) is 11.0. The lowest BCUT2D eigenvalue weighted by Crippen LogP contribution is -2.21. The first kappa shape index (κ1) is 19.7. The highest BCUT2D eigenvalue weighted by atomic mass is 35.5. The van der Waals surface area contributed by atoms with Crippen LogP contribution in [0.4, 0.5) is 16.3 Å². The second-order valence-electron chi connectivity index (χ2n) is 6.37. The zero-order chi connectivity index (χ0) is 20.8. The summed E-state index contributed by atoms with van der Waals surface area (Å²) in [7, 11) is -3.59. The quantitative estimate of drug-likeness (QED) is 0.619. The number of nitrogens with zero attached hydrogens (tertiary/aromatic N) is 3. The molecule has 0 spiro atoms. The molecule has 2 heterocycles. The number of sulfonamides is 1. The Morgan fingerprint density at radius 1 is 1.17 bits per heavy atom. The highest BCUT2D eigenvalue weighted by Crippen LogP contribution is 2.37. The number of rotatable bonds is 4. The Labute approximate surface area is 176 Å². The molecule has 3 aromatic rings. The van der Waals surface area contributed by atoms with E-state index in [1.807, 2.05) is 0 Å². The Morgan fingerprint density at radius 2 is 1.90 bits per heavy atom. The van der Waals surface area contributed by atoms with E-state index < -0.39 is 21.9 Å². The summed E-state index contributed by atoms with van der Waals surface area (Å²) in [4.78, 5) is 4.18. The predicted molar refractivity (Wildman–Crippen MR) is 111 cm³/mol. The molecule has 1 aliphatic rings. The summed E-state index contributed by atoms with van der Waals surface area (Å²) in [5.74, 6) is -0.429. The average molecular weight is 454 g/mol. The summed E-state index contributed by atoms with van der Waals surface area (Å²) in [5.41, 5.74) is 1.59. The van der Waals surface area contributed by atoms with E-state index in [-0.39, 0.29) is 22.5 Å². The molecule has 1 atom stereocenters. The van der Waals surface area contributed by atoms with Crippen molar-refractivity contribution in [1.29, 1.82) is 0 Å². The molecule has 29 heavy (non-hydrogen) atoms. The number of hydrogen-bond donors (Lipinski definition) is 2. The molecule has 150 valence electrons. The minimum atomic E-state index is -3.59. The molecule has 2 aromatic carbocycles. The van der Waals surface area contributed by atoms with E-state index in [4.69, 9.17) is 23.2 Å². The maximum Gasteiger partial charge on any atom is 0.257 e. The molecule has 7 nitrogen and oxygen atoms in total. The van der Waals surface area contributed by atoms with Crippen LogP contribution in [0.2, 0.25) is 10.0 Å². The third kappa shape index (κ3) is 4.07. The van der Waals surface area contributed by atoms with E-state index in [1.165, 1.54) is 16.8 Å². The topological polar surface area (TPSA) is 88.9 Å². The van der Waals surface area contributed by atoms with Crippen LogP contribution < -0.4 is 10.0 Å². The molecule has 0 fully saturated rings. The third-order valence-electron chi connectivity index (χ3n) is 4.19. The second kappa shape index (κ2) is 7.33. The van der Waals surface area contributed by atoms with Crippen LogP contribution in [0.25, 0.3) is 5.70 Å². The van der Waals surface area contributed by atoms with Crippen molar-refractivity contribution < 1.29 is 12.8 Å². The van der Waals surface area contributed by atoms with Crippen molar-refractivity contribution in [3.63, 3.8) is 0 Å². The fourth-order valence-electron chi connectivity index (χ4n) is 3.00. The maximum atomic E-state index is 14.7. The molecule has 1 unspecified atom stereocenters. The smallest absolute Gasteiger partial charge is 0.257 e. The minimum Gasteiger partial charge on any atom is -0.324 e. The highest BCUT2D eigenvalue weighted by molar-refractivity contribution is 7.91. The van der Waals surface area contributed by atoms with Crippen LogP contribution in [0.3, 0.4) is 0 Å². The third-order valence-corrected chi connectivity index (χ3v) is 5.33. The molecule has 11 heteroatoms. The monoisotopic (exact) mass is 453 g/mol. The number of halogens is 3. The van der Waals surface area contributed by atoms with Gasteiger partial charge in [0.2, 0.25) is 16.0 Å². The number of allylic oxidation sites excluding steroid dienone is 1. The van der Waals surface area contributed by atoms with Gasteiger partial charge in [-0.1, -0.05) is 41.4 Å². The first-order chi connectivity index (χ1) is 13.7. The number of aromatic nitrogens is 3. The Balaban J connectivity index is 1.87. The van der Waals surface area contributed by atoms with Gasteiger partial charge in [0.05, 0.1) is 6.26 Å². The molecule has 2 N–H and O–H groups in total. The first-order valence-electron chi connectivity index (χ1n) is 8.34. The Kier molecular flexibility index (Phi) is 4.97. The average Bonchev–Trinajstić information content (AvgIpc) is 3.02. The Bertz CT molecular complexity index is 1210. The largest absolute Gasteiger partial charge is 0.324 e. The van der Waals surface area contributed by atoms with Crippen LogP contribution in [0.1, 0.15) is 17.2 Å². The highest BCUT2D eigenvalue weighted by Gasteiger charge is 2.29. The summed E-state index contributed by atoms with van der Waals surface area (Å²) in [6.07, 6.45) is 2.72. The van der Waals surface area contributed by atoms with Crippen molar-refractivity contribution in [1.82, 2.24) is 14.8 Å². The van der Waals surface area contributed by atoms with Gasteiger partial charge in [-0.3, -0.25) is 4.72 Å². The van der Waals surface area contributed by atoms with Crippen LogP contribution >= 0.6 is 23.2 Å². The van der Waals surface area contributed by atoms with Crippen molar-refractivity contribution in [3.05, 3.63) is 75.5 Å². The van der Waals surface area contributed by atoms with Gasteiger partial charge in [0, 0.05) is 21.3 Å². The van der Waals surface area contributed by atoms with Gasteiger partial charge in [0.15, 0.2) is 0 Å². The van der Waals surface area contributed by atoms with Gasteiger partial charge >= 0.3 is 0 Å². The van der Waals surface area contributed by atoms with E-state index in [9.17, 15) is 12.8 Å². The summed E-state index contributed by atoms with van der Waals surface area (Å²) in [5, 5.41) is 8.05. The van der Waals surface area contributed by atoms with Gasteiger partial charge < -0.3 is 5.32 Å². The molecule has 1 aliphatic heterocycles. The van der Waals surface area contributed by atoms with Gasteiger partial charge in [-0.25, -0.2) is 17.5 Å². The molecule has 0 saturated carbocycles. The van der Waals surface area contributed by atoms with Crippen LogP contribution in [0.15, 0.2) is 48.5 Å². The molecule has 0 bridgehead atoms. The lowest BCUT2D eigenvalue weighted by atomic mass is 10.0. The van der Waals surface area contributed by atoms with Crippen molar-refractivity contribution >= 4 is 50.8 Å². The number of anilines is 2. The fourth-order valence-corrected chi connectivity index (χ4v) is 3.82. The Hall–Kier alpha value is -2.62. The van der Waals surface area contributed by atoms with Gasteiger partial charge in [-0.15, -0.1) is 5.10 Å². The molecule has 0 amide bonds. The minimum absolute atomic E-state index is 0.141. The number of benzene rings is 2. The van der Waals surface area contributed by atoms with Crippen molar-refractivity contribution in [3.8, 4) is 0 Å². The lowest BCUT2D eigenvalue weighted by Gasteiger charge is -2.25. The normalized spacial score (nSPS) is 16.0. The van der Waals surface area contributed by atoms with E-state index in [0.717, 1.165) is 11.8 Å². The fraction of sp³-hybridized carbons (Fsp3) is 0.111. The van der Waals surface area contributed by atoms with Crippen LogP contribution in [0, 0.1) is 5.82 Å². The molecule has 0 radical (unpaired) electrons. The summed E-state index contributed by atoms with van der Waals surface area (Å²) >= 11 is 12.2. The molecule has 1 aromatic heterocycles. The van der Waals surface area contributed by atoms with Gasteiger partial charge in [-0.05, 0) is 35.9 Å². The molecule has 0 saturated heterocycles. The second-order valence-corrected chi connectivity index (χ2v) is 8.96. The molecule has 0 aliphatic carbocycles. The molecular formula is C18H14Cl2FN5O2S. The van der Waals surface area contributed by atoms with Crippen molar-refractivity contribution in [2.24, 2.45) is 0 Å². The summed E-state index contributed by atoms with van der Waals surface area (Å²) in [6.45, 7) is 0. The van der Waals surface area contributed by atoms with Crippen LogP contribution in [0.5, 0.6) is 0 Å². The van der Waals surface area contributed by atoms with Crippen LogP contribution in [-0.4, -0.2) is 29.4 Å². The van der Waals surface area contributed by atoms with Crippen molar-refractivity contribution in [2.45, 2.75) is 6.04 Å². The zero-order valence-electron chi connectivity index (χ0n) is 14.9. The summed E-state index contributed by atoms with van der Waals surface area (Å²) < 4.78 is 41.4. The molecule has 4 rings (SSSR count). The number of nitrogens with one attached hydrogen (secondary N) is 2. The van der Waals surface area contributed by atoms with E-state index in [1.54, 1.807) is 36.4 Å². The van der Waals surface area contributed by atoms with Crippen molar-refractivity contribution in [2.75, 3.05) is 16.3 Å². The maximum absolute atomic E-state index is 14.7. The summed E-state index contributed by atoms with van der Waals surface area (Å²) in [6, 6.07) is 10.7. The van der Waals surface area contributed by atoms with Gasteiger partial charge in [-0.2, -0.15) is 4.98 Å². The predicted octanol–water partition coefficient (Wildman–Crippen LogP) is 4.15. The van der Waals surface area contributed by atoms with Gasteiger partial charge in [0.1, 0.15) is 11.9 Å². The van der Waals surface area contributed by atoms with Gasteiger partial charge in [0.25, 0.3) is 5.95 Å². The lowest BCUT2D eigenvalue weighted by molar-refractivity contribution is 0.552. The van der Waals surface area contributed by atoms with Crippen LogP contribution in [-0.2, 0) is 10.0 Å². The Morgan fingerprint density at radius 3 is 2.55 bits per heavy atom.